The molecule has 1 aliphatic rings. The van der Waals surface area contributed by atoms with Crippen LogP contribution in [0.1, 0.15) is 50.6 Å². The number of amides is 1. The van der Waals surface area contributed by atoms with Gasteiger partial charge in [0.25, 0.3) is 0 Å². The van der Waals surface area contributed by atoms with E-state index in [1.807, 2.05) is 19.1 Å². The van der Waals surface area contributed by atoms with Crippen molar-refractivity contribution in [3.8, 4) is 0 Å². The zero-order valence-corrected chi connectivity index (χ0v) is 11.6. The maximum atomic E-state index is 12.1. The zero-order valence-electron chi connectivity index (χ0n) is 11.6. The zero-order chi connectivity index (χ0) is 14.6. The van der Waals surface area contributed by atoms with Crippen LogP contribution >= 0.6 is 0 Å². The van der Waals surface area contributed by atoms with Crippen molar-refractivity contribution in [1.29, 1.82) is 0 Å². The number of rotatable bonds is 5. The third-order valence-electron chi connectivity index (χ3n) is 4.08. The quantitative estimate of drug-likeness (QED) is 0.864. The van der Waals surface area contributed by atoms with Crippen molar-refractivity contribution in [2.24, 2.45) is 5.41 Å². The number of pyridine rings is 1. The van der Waals surface area contributed by atoms with Crippen molar-refractivity contribution in [2.45, 2.75) is 45.1 Å². The van der Waals surface area contributed by atoms with Crippen LogP contribution in [0.3, 0.4) is 0 Å². The first-order chi connectivity index (χ1) is 9.53. The van der Waals surface area contributed by atoms with Crippen LogP contribution < -0.4 is 5.32 Å². The third kappa shape index (κ3) is 3.15. The van der Waals surface area contributed by atoms with Gasteiger partial charge in [0.1, 0.15) is 0 Å². The molecule has 1 heterocycles. The molecule has 0 unspecified atom stereocenters. The molecule has 1 fully saturated rings. The van der Waals surface area contributed by atoms with Crippen LogP contribution in [-0.2, 0) is 9.59 Å². The van der Waals surface area contributed by atoms with Crippen LogP contribution in [-0.4, -0.2) is 22.0 Å². The molecule has 0 aromatic carbocycles. The van der Waals surface area contributed by atoms with E-state index in [4.69, 9.17) is 0 Å². The summed E-state index contributed by atoms with van der Waals surface area (Å²) >= 11 is 0. The molecule has 108 valence electrons. The summed E-state index contributed by atoms with van der Waals surface area (Å²) in [5.41, 5.74) is 0.0512. The van der Waals surface area contributed by atoms with E-state index in [1.165, 1.54) is 0 Å². The highest BCUT2D eigenvalue weighted by atomic mass is 16.4. The van der Waals surface area contributed by atoms with E-state index in [1.54, 1.807) is 12.4 Å². The van der Waals surface area contributed by atoms with E-state index < -0.39 is 11.4 Å². The predicted molar refractivity (Wildman–Crippen MR) is 73.9 cm³/mol. The summed E-state index contributed by atoms with van der Waals surface area (Å²) in [4.78, 5) is 27.5. The summed E-state index contributed by atoms with van der Waals surface area (Å²) in [6, 6.07) is 3.54. The van der Waals surface area contributed by atoms with Crippen LogP contribution in [0.2, 0.25) is 0 Å². The van der Waals surface area contributed by atoms with Gasteiger partial charge in [-0.25, -0.2) is 0 Å². The lowest BCUT2D eigenvalue weighted by atomic mass is 9.82. The summed E-state index contributed by atoms with van der Waals surface area (Å²) < 4.78 is 0. The Hall–Kier alpha value is -1.91. The molecule has 0 saturated heterocycles. The SMILES string of the molecule is C[C@@H](NC(=O)CC1(C(=O)O)CCCC1)c1cccnc1. The Morgan fingerprint density at radius 2 is 2.15 bits per heavy atom. The van der Waals surface area contributed by atoms with Crippen LogP contribution in [0.15, 0.2) is 24.5 Å². The van der Waals surface area contributed by atoms with Gasteiger partial charge in [0, 0.05) is 18.8 Å². The van der Waals surface area contributed by atoms with E-state index >= 15 is 0 Å². The molecule has 1 aromatic rings. The lowest BCUT2D eigenvalue weighted by Crippen LogP contribution is -2.36. The first-order valence-corrected chi connectivity index (χ1v) is 6.96. The number of carbonyl (C=O) groups is 2. The summed E-state index contributed by atoms with van der Waals surface area (Å²) in [5, 5.41) is 12.2. The molecule has 20 heavy (non-hydrogen) atoms. The fraction of sp³-hybridized carbons (Fsp3) is 0.533. The van der Waals surface area contributed by atoms with Gasteiger partial charge in [-0.1, -0.05) is 18.9 Å². The van der Waals surface area contributed by atoms with Gasteiger partial charge in [-0.2, -0.15) is 0 Å². The molecule has 5 heteroatoms. The molecule has 1 aromatic heterocycles. The summed E-state index contributed by atoms with van der Waals surface area (Å²) in [6.45, 7) is 1.87. The molecular weight excluding hydrogens is 256 g/mol. The van der Waals surface area contributed by atoms with Crippen molar-refractivity contribution in [3.05, 3.63) is 30.1 Å². The number of nitrogens with one attached hydrogen (secondary N) is 1. The molecule has 5 nitrogen and oxygen atoms in total. The highest BCUT2D eigenvalue weighted by molar-refractivity contribution is 5.85. The largest absolute Gasteiger partial charge is 0.481 e. The Kier molecular flexibility index (Phi) is 4.37. The van der Waals surface area contributed by atoms with Gasteiger partial charge in [0.2, 0.25) is 5.91 Å². The molecule has 0 bridgehead atoms. The smallest absolute Gasteiger partial charge is 0.310 e. The Labute approximate surface area is 118 Å². The van der Waals surface area contributed by atoms with Crippen molar-refractivity contribution in [2.75, 3.05) is 0 Å². The highest BCUT2D eigenvalue weighted by Crippen LogP contribution is 2.41. The van der Waals surface area contributed by atoms with Gasteiger partial charge in [-0.3, -0.25) is 14.6 Å². The van der Waals surface area contributed by atoms with Crippen molar-refractivity contribution < 1.29 is 14.7 Å². The van der Waals surface area contributed by atoms with E-state index in [2.05, 4.69) is 10.3 Å². The van der Waals surface area contributed by atoms with Gasteiger partial charge in [-0.15, -0.1) is 0 Å². The second kappa shape index (κ2) is 6.03. The lowest BCUT2D eigenvalue weighted by molar-refractivity contribution is -0.151. The second-order valence-corrected chi connectivity index (χ2v) is 5.54. The first kappa shape index (κ1) is 14.5. The first-order valence-electron chi connectivity index (χ1n) is 6.96. The number of hydrogen-bond donors (Lipinski definition) is 2. The Morgan fingerprint density at radius 3 is 2.70 bits per heavy atom. The maximum absolute atomic E-state index is 12.1. The number of carbonyl (C=O) groups excluding carboxylic acids is 1. The summed E-state index contributed by atoms with van der Waals surface area (Å²) in [5.74, 6) is -1.05. The van der Waals surface area contributed by atoms with Crippen molar-refractivity contribution in [1.82, 2.24) is 10.3 Å². The normalized spacial score (nSPS) is 18.4. The number of aliphatic carboxylic acids is 1. The summed E-state index contributed by atoms with van der Waals surface area (Å²) in [6.07, 6.45) is 6.40. The van der Waals surface area contributed by atoms with Gasteiger partial charge in [0.05, 0.1) is 11.5 Å². The van der Waals surface area contributed by atoms with E-state index in [-0.39, 0.29) is 18.4 Å². The number of nitrogens with zero attached hydrogens (tertiary/aromatic N) is 1. The molecule has 0 spiro atoms. The molecule has 1 saturated carbocycles. The van der Waals surface area contributed by atoms with Crippen LogP contribution in [0.5, 0.6) is 0 Å². The Balaban J connectivity index is 1.97. The Morgan fingerprint density at radius 1 is 1.45 bits per heavy atom. The van der Waals surface area contributed by atoms with Gasteiger partial charge < -0.3 is 10.4 Å². The van der Waals surface area contributed by atoms with E-state index in [0.29, 0.717) is 12.8 Å². The standard InChI is InChI=1S/C15H20N2O3/c1-11(12-5-4-8-16-10-12)17-13(18)9-15(14(19)20)6-2-3-7-15/h4-5,8,10-11H,2-3,6-7,9H2,1H3,(H,17,18)(H,19,20)/t11-/m1/s1. The van der Waals surface area contributed by atoms with Gasteiger partial charge >= 0.3 is 5.97 Å². The van der Waals surface area contributed by atoms with Crippen LogP contribution in [0, 0.1) is 5.41 Å². The molecule has 2 N–H and O–H groups in total. The second-order valence-electron chi connectivity index (χ2n) is 5.54. The minimum absolute atomic E-state index is 0.0624. The number of hydrogen-bond acceptors (Lipinski definition) is 3. The molecule has 0 radical (unpaired) electrons. The van der Waals surface area contributed by atoms with Crippen LogP contribution in [0.4, 0.5) is 0 Å². The van der Waals surface area contributed by atoms with E-state index in [9.17, 15) is 14.7 Å². The van der Waals surface area contributed by atoms with Gasteiger partial charge in [-0.05, 0) is 31.4 Å². The monoisotopic (exact) mass is 276 g/mol. The fourth-order valence-electron chi connectivity index (χ4n) is 2.83. The number of carboxylic acids is 1. The topological polar surface area (TPSA) is 79.3 Å². The molecule has 1 amide bonds. The van der Waals surface area contributed by atoms with Crippen molar-refractivity contribution in [3.63, 3.8) is 0 Å². The third-order valence-corrected chi connectivity index (χ3v) is 4.08. The highest BCUT2D eigenvalue weighted by Gasteiger charge is 2.43. The molecule has 1 atom stereocenters. The fourth-order valence-corrected chi connectivity index (χ4v) is 2.83. The van der Waals surface area contributed by atoms with E-state index in [0.717, 1.165) is 18.4 Å². The molecule has 2 rings (SSSR count). The lowest BCUT2D eigenvalue weighted by Gasteiger charge is -2.24. The molecular formula is C15H20N2O3. The van der Waals surface area contributed by atoms with Gasteiger partial charge in [0.15, 0.2) is 0 Å². The molecule has 1 aliphatic carbocycles. The minimum Gasteiger partial charge on any atom is -0.481 e. The minimum atomic E-state index is -0.862. The van der Waals surface area contributed by atoms with Crippen LogP contribution in [0.25, 0.3) is 0 Å². The van der Waals surface area contributed by atoms with Crippen molar-refractivity contribution >= 4 is 11.9 Å². The number of carboxylic acid groups (broad SMARTS) is 1. The predicted octanol–water partition coefficient (Wildman–Crippen LogP) is 2.29. The Bertz CT molecular complexity index is 481. The summed E-state index contributed by atoms with van der Waals surface area (Å²) in [7, 11) is 0. The maximum Gasteiger partial charge on any atom is 0.310 e. The average molecular weight is 276 g/mol. The number of aromatic nitrogens is 1. The molecule has 0 aliphatic heterocycles. The average Bonchev–Trinajstić information content (AvgIpc) is 2.89.